The van der Waals surface area contributed by atoms with E-state index in [1.807, 2.05) is 18.2 Å². The lowest BCUT2D eigenvalue weighted by molar-refractivity contribution is 0.0398. The number of anilines is 1. The highest BCUT2D eigenvalue weighted by Gasteiger charge is 2.10. The van der Waals surface area contributed by atoms with Gasteiger partial charge in [-0.15, -0.1) is 0 Å². The molecule has 18 heavy (non-hydrogen) atoms. The predicted octanol–water partition coefficient (Wildman–Crippen LogP) is 2.06. The minimum Gasteiger partial charge on any atom is -0.383 e. The number of hydrogen-bond acceptors (Lipinski definition) is 4. The van der Waals surface area contributed by atoms with Crippen LogP contribution in [0.3, 0.4) is 0 Å². The number of nitrogens with one attached hydrogen (secondary N) is 1. The second kappa shape index (κ2) is 6.74. The van der Waals surface area contributed by atoms with E-state index in [2.05, 4.69) is 32.2 Å². The maximum Gasteiger partial charge on any atom is 0.103 e. The highest BCUT2D eigenvalue weighted by Crippen LogP contribution is 2.23. The molecule has 1 aromatic carbocycles. The predicted molar refractivity (Wildman–Crippen MR) is 74.6 cm³/mol. The Morgan fingerprint density at radius 2 is 2.17 bits per heavy atom. The Hall–Kier alpha value is -1.09. The highest BCUT2D eigenvalue weighted by atomic mass is 79.9. The molecule has 1 aliphatic rings. The van der Waals surface area contributed by atoms with Crippen LogP contribution in [-0.4, -0.2) is 44.3 Å². The number of morpholine rings is 1. The highest BCUT2D eigenvalue weighted by molar-refractivity contribution is 9.10. The lowest BCUT2D eigenvalue weighted by atomic mass is 10.2. The van der Waals surface area contributed by atoms with E-state index in [4.69, 9.17) is 10.00 Å². The van der Waals surface area contributed by atoms with Crippen molar-refractivity contribution in [1.82, 2.24) is 4.90 Å². The molecule has 0 radical (unpaired) electrons. The number of rotatable bonds is 4. The van der Waals surface area contributed by atoms with Gasteiger partial charge in [0.15, 0.2) is 0 Å². The molecule has 1 aromatic rings. The van der Waals surface area contributed by atoms with Gasteiger partial charge in [0.05, 0.1) is 24.5 Å². The van der Waals surface area contributed by atoms with Crippen molar-refractivity contribution in [1.29, 1.82) is 5.26 Å². The normalized spacial score (nSPS) is 16.2. The van der Waals surface area contributed by atoms with Crippen LogP contribution in [0.25, 0.3) is 0 Å². The SMILES string of the molecule is N#Cc1c(Br)cccc1NCCN1CCOCC1. The molecule has 0 spiro atoms. The van der Waals surface area contributed by atoms with E-state index >= 15 is 0 Å². The Morgan fingerprint density at radius 3 is 2.89 bits per heavy atom. The zero-order chi connectivity index (χ0) is 12.8. The third-order valence-electron chi connectivity index (χ3n) is 2.97. The topological polar surface area (TPSA) is 48.3 Å². The molecule has 0 amide bonds. The van der Waals surface area contributed by atoms with E-state index in [-0.39, 0.29) is 0 Å². The van der Waals surface area contributed by atoms with Crippen molar-refractivity contribution in [2.24, 2.45) is 0 Å². The largest absolute Gasteiger partial charge is 0.383 e. The van der Waals surface area contributed by atoms with E-state index in [0.29, 0.717) is 5.56 Å². The second-order valence-electron chi connectivity index (χ2n) is 4.15. The summed E-state index contributed by atoms with van der Waals surface area (Å²) in [5.74, 6) is 0. The Balaban J connectivity index is 1.86. The Labute approximate surface area is 116 Å². The fourth-order valence-corrected chi connectivity index (χ4v) is 2.41. The zero-order valence-corrected chi connectivity index (χ0v) is 11.7. The molecular formula is C13H16BrN3O. The van der Waals surface area contributed by atoms with E-state index < -0.39 is 0 Å². The molecule has 1 heterocycles. The zero-order valence-electron chi connectivity index (χ0n) is 10.2. The lowest BCUT2D eigenvalue weighted by Crippen LogP contribution is -2.39. The van der Waals surface area contributed by atoms with Crippen molar-refractivity contribution in [3.63, 3.8) is 0 Å². The first-order valence-corrected chi connectivity index (χ1v) is 6.83. The molecule has 1 N–H and O–H groups in total. The Morgan fingerprint density at radius 1 is 1.39 bits per heavy atom. The van der Waals surface area contributed by atoms with Crippen LogP contribution in [0.5, 0.6) is 0 Å². The summed E-state index contributed by atoms with van der Waals surface area (Å²) in [4.78, 5) is 2.36. The lowest BCUT2D eigenvalue weighted by Gasteiger charge is -2.26. The maximum absolute atomic E-state index is 9.10. The van der Waals surface area contributed by atoms with Crippen LogP contribution in [0.1, 0.15) is 5.56 Å². The van der Waals surface area contributed by atoms with Gasteiger partial charge in [-0.05, 0) is 28.1 Å². The molecule has 96 valence electrons. The fraction of sp³-hybridized carbons (Fsp3) is 0.462. The van der Waals surface area contributed by atoms with Crippen LogP contribution in [-0.2, 0) is 4.74 Å². The van der Waals surface area contributed by atoms with Gasteiger partial charge in [0, 0.05) is 30.7 Å². The van der Waals surface area contributed by atoms with Gasteiger partial charge in [-0.2, -0.15) is 5.26 Å². The van der Waals surface area contributed by atoms with Crippen LogP contribution in [0, 0.1) is 11.3 Å². The number of nitrogens with zero attached hydrogens (tertiary/aromatic N) is 2. The molecule has 4 nitrogen and oxygen atoms in total. The molecule has 1 fully saturated rings. The fourth-order valence-electron chi connectivity index (χ4n) is 1.96. The monoisotopic (exact) mass is 309 g/mol. The first kappa shape index (κ1) is 13.3. The molecule has 1 saturated heterocycles. The summed E-state index contributed by atoms with van der Waals surface area (Å²) < 4.78 is 6.14. The van der Waals surface area contributed by atoms with E-state index in [1.54, 1.807) is 0 Å². The summed E-state index contributed by atoms with van der Waals surface area (Å²) in [6, 6.07) is 7.96. The van der Waals surface area contributed by atoms with Crippen LogP contribution >= 0.6 is 15.9 Å². The summed E-state index contributed by atoms with van der Waals surface area (Å²) in [7, 11) is 0. The van der Waals surface area contributed by atoms with Crippen molar-refractivity contribution in [3.8, 4) is 6.07 Å². The minimum absolute atomic E-state index is 0.666. The van der Waals surface area contributed by atoms with Gasteiger partial charge in [-0.3, -0.25) is 4.90 Å². The van der Waals surface area contributed by atoms with Crippen molar-refractivity contribution >= 4 is 21.6 Å². The number of ether oxygens (including phenoxy) is 1. The molecule has 0 saturated carbocycles. The third-order valence-corrected chi connectivity index (χ3v) is 3.63. The van der Waals surface area contributed by atoms with Gasteiger partial charge in [-0.1, -0.05) is 6.07 Å². The molecule has 0 bridgehead atoms. The summed E-state index contributed by atoms with van der Waals surface area (Å²) in [5, 5.41) is 12.4. The summed E-state index contributed by atoms with van der Waals surface area (Å²) in [5.41, 5.74) is 1.56. The number of nitriles is 1. The van der Waals surface area contributed by atoms with Crippen molar-refractivity contribution in [3.05, 3.63) is 28.2 Å². The molecule has 1 aliphatic heterocycles. The van der Waals surface area contributed by atoms with Crippen LogP contribution in [0.2, 0.25) is 0 Å². The Kier molecular flexibility index (Phi) is 5.00. The third kappa shape index (κ3) is 3.45. The molecule has 0 aromatic heterocycles. The first-order chi connectivity index (χ1) is 8.81. The van der Waals surface area contributed by atoms with Gasteiger partial charge in [-0.25, -0.2) is 0 Å². The van der Waals surface area contributed by atoms with Crippen LogP contribution in [0.4, 0.5) is 5.69 Å². The van der Waals surface area contributed by atoms with Gasteiger partial charge in [0.25, 0.3) is 0 Å². The molecule has 5 heteroatoms. The first-order valence-electron chi connectivity index (χ1n) is 6.04. The molecule has 0 unspecified atom stereocenters. The smallest absolute Gasteiger partial charge is 0.103 e. The summed E-state index contributed by atoms with van der Waals surface area (Å²) in [6.45, 7) is 5.43. The number of halogens is 1. The maximum atomic E-state index is 9.10. The van der Waals surface area contributed by atoms with Crippen molar-refractivity contribution in [2.45, 2.75) is 0 Å². The average molecular weight is 310 g/mol. The minimum atomic E-state index is 0.666. The quantitative estimate of drug-likeness (QED) is 0.925. The molecule has 2 rings (SSSR count). The second-order valence-corrected chi connectivity index (χ2v) is 5.01. The van der Waals surface area contributed by atoms with Crippen molar-refractivity contribution in [2.75, 3.05) is 44.7 Å². The van der Waals surface area contributed by atoms with Crippen LogP contribution in [0.15, 0.2) is 22.7 Å². The number of benzene rings is 1. The molecule has 0 atom stereocenters. The van der Waals surface area contributed by atoms with Gasteiger partial charge >= 0.3 is 0 Å². The molecular weight excluding hydrogens is 294 g/mol. The van der Waals surface area contributed by atoms with Crippen LogP contribution < -0.4 is 5.32 Å². The standard InChI is InChI=1S/C13H16BrN3O/c14-12-2-1-3-13(11(12)10-15)16-4-5-17-6-8-18-9-7-17/h1-3,16H,4-9H2. The van der Waals surface area contributed by atoms with Crippen molar-refractivity contribution < 1.29 is 4.74 Å². The van der Waals surface area contributed by atoms with E-state index in [9.17, 15) is 0 Å². The molecule has 0 aliphatic carbocycles. The average Bonchev–Trinajstić information content (AvgIpc) is 2.40. The summed E-state index contributed by atoms with van der Waals surface area (Å²) in [6.07, 6.45) is 0. The van der Waals surface area contributed by atoms with E-state index in [0.717, 1.165) is 49.6 Å². The van der Waals surface area contributed by atoms with Gasteiger partial charge in [0.2, 0.25) is 0 Å². The van der Waals surface area contributed by atoms with Gasteiger partial charge in [0.1, 0.15) is 6.07 Å². The van der Waals surface area contributed by atoms with E-state index in [1.165, 1.54) is 0 Å². The number of hydrogen-bond donors (Lipinski definition) is 1. The van der Waals surface area contributed by atoms with Gasteiger partial charge < -0.3 is 10.1 Å². The summed E-state index contributed by atoms with van der Waals surface area (Å²) >= 11 is 3.39. The Bertz CT molecular complexity index is 438.